The molecule has 1 heterocycles. The third-order valence-corrected chi connectivity index (χ3v) is 3.45. The van der Waals surface area contributed by atoms with Crippen LogP contribution in [0.2, 0.25) is 0 Å². The van der Waals surface area contributed by atoms with E-state index >= 15 is 0 Å². The molecule has 6 nitrogen and oxygen atoms in total. The van der Waals surface area contributed by atoms with Gasteiger partial charge in [-0.1, -0.05) is 49.3 Å². The Morgan fingerprint density at radius 1 is 1.30 bits per heavy atom. The first-order valence-electron chi connectivity index (χ1n) is 7.88. The van der Waals surface area contributed by atoms with Crippen LogP contribution in [0.4, 0.5) is 0 Å². The average Bonchev–Trinajstić information content (AvgIpc) is 3.01. The van der Waals surface area contributed by atoms with E-state index in [2.05, 4.69) is 15.5 Å². The number of aliphatic hydroxyl groups excluding tert-OH is 1. The van der Waals surface area contributed by atoms with Gasteiger partial charge >= 0.3 is 0 Å². The maximum atomic E-state index is 11.8. The van der Waals surface area contributed by atoms with Crippen molar-refractivity contribution in [3.63, 3.8) is 0 Å². The van der Waals surface area contributed by atoms with Crippen LogP contribution in [0.15, 0.2) is 34.9 Å². The van der Waals surface area contributed by atoms with Crippen molar-refractivity contribution >= 4 is 5.91 Å². The summed E-state index contributed by atoms with van der Waals surface area (Å²) in [6.07, 6.45) is 0.622. The summed E-state index contributed by atoms with van der Waals surface area (Å²) >= 11 is 0. The van der Waals surface area contributed by atoms with E-state index in [1.54, 1.807) is 12.1 Å². The standard InChI is InChI=1S/C17H23N3O3/c1-12(2)17-19-16(23-20-17)9-6-10-18-15(22)11-14(21)13-7-4-3-5-8-13/h3-5,7-8,12,14,21H,6,9-11H2,1-2H3,(H,18,22). The molecule has 0 saturated heterocycles. The van der Waals surface area contributed by atoms with Crippen LogP contribution in [0.5, 0.6) is 0 Å². The number of hydrogen-bond acceptors (Lipinski definition) is 5. The highest BCUT2D eigenvalue weighted by molar-refractivity contribution is 5.76. The second-order valence-corrected chi connectivity index (χ2v) is 5.79. The van der Waals surface area contributed by atoms with Gasteiger partial charge in [0.1, 0.15) is 0 Å². The molecule has 1 atom stereocenters. The zero-order valence-electron chi connectivity index (χ0n) is 13.5. The molecule has 1 amide bonds. The normalized spacial score (nSPS) is 12.3. The van der Waals surface area contributed by atoms with Gasteiger partial charge in [-0.15, -0.1) is 0 Å². The second kappa shape index (κ2) is 8.43. The molecule has 0 saturated carbocycles. The Kier molecular flexibility index (Phi) is 6.29. The van der Waals surface area contributed by atoms with Crippen molar-refractivity contribution in [2.75, 3.05) is 6.54 Å². The largest absolute Gasteiger partial charge is 0.388 e. The fraction of sp³-hybridized carbons (Fsp3) is 0.471. The van der Waals surface area contributed by atoms with Crippen molar-refractivity contribution in [1.82, 2.24) is 15.5 Å². The van der Waals surface area contributed by atoms with Crippen molar-refractivity contribution in [2.45, 2.75) is 45.1 Å². The predicted octanol–water partition coefficient (Wildman–Crippen LogP) is 2.37. The number of nitrogens with one attached hydrogen (secondary N) is 1. The molecule has 1 unspecified atom stereocenters. The fourth-order valence-electron chi connectivity index (χ4n) is 2.11. The highest BCUT2D eigenvalue weighted by Gasteiger charge is 2.13. The molecule has 0 fully saturated rings. The number of carbonyl (C=O) groups is 1. The highest BCUT2D eigenvalue weighted by atomic mass is 16.5. The maximum Gasteiger partial charge on any atom is 0.226 e. The van der Waals surface area contributed by atoms with Crippen LogP contribution in [-0.2, 0) is 11.2 Å². The maximum absolute atomic E-state index is 11.8. The minimum absolute atomic E-state index is 0.0576. The lowest BCUT2D eigenvalue weighted by atomic mass is 10.1. The van der Waals surface area contributed by atoms with E-state index in [-0.39, 0.29) is 18.2 Å². The molecule has 1 aromatic carbocycles. The van der Waals surface area contributed by atoms with Crippen LogP contribution in [0, 0.1) is 0 Å². The smallest absolute Gasteiger partial charge is 0.226 e. The Morgan fingerprint density at radius 3 is 2.70 bits per heavy atom. The molecular weight excluding hydrogens is 294 g/mol. The Balaban J connectivity index is 1.66. The number of hydrogen-bond donors (Lipinski definition) is 2. The second-order valence-electron chi connectivity index (χ2n) is 5.79. The molecule has 2 N–H and O–H groups in total. The number of rotatable bonds is 8. The van der Waals surface area contributed by atoms with E-state index in [0.29, 0.717) is 31.1 Å². The lowest BCUT2D eigenvalue weighted by Crippen LogP contribution is -2.26. The number of aliphatic hydroxyl groups is 1. The van der Waals surface area contributed by atoms with E-state index in [9.17, 15) is 9.90 Å². The molecule has 0 aliphatic carbocycles. The Hall–Kier alpha value is -2.21. The van der Waals surface area contributed by atoms with Crippen LogP contribution >= 0.6 is 0 Å². The number of aromatic nitrogens is 2. The lowest BCUT2D eigenvalue weighted by molar-refractivity contribution is -0.123. The minimum atomic E-state index is -0.777. The molecule has 0 aliphatic rings. The minimum Gasteiger partial charge on any atom is -0.388 e. The number of nitrogens with zero attached hydrogens (tertiary/aromatic N) is 2. The van der Waals surface area contributed by atoms with Gasteiger partial charge in [-0.2, -0.15) is 4.98 Å². The van der Waals surface area contributed by atoms with Gasteiger partial charge in [-0.3, -0.25) is 4.79 Å². The molecule has 6 heteroatoms. The van der Waals surface area contributed by atoms with Gasteiger partial charge in [0.2, 0.25) is 11.8 Å². The number of benzene rings is 1. The van der Waals surface area contributed by atoms with Crippen LogP contribution < -0.4 is 5.32 Å². The third kappa shape index (κ3) is 5.49. The summed E-state index contributed by atoms with van der Waals surface area (Å²) in [6.45, 7) is 4.53. The van der Waals surface area contributed by atoms with Crippen molar-refractivity contribution in [2.24, 2.45) is 0 Å². The molecule has 0 aliphatic heterocycles. The van der Waals surface area contributed by atoms with Gasteiger partial charge in [0, 0.05) is 18.9 Å². The molecule has 1 aromatic heterocycles. The summed E-state index contributed by atoms with van der Waals surface area (Å²) in [6, 6.07) is 9.16. The van der Waals surface area contributed by atoms with E-state index < -0.39 is 6.10 Å². The first-order chi connectivity index (χ1) is 11.1. The molecule has 0 bridgehead atoms. The summed E-state index contributed by atoms with van der Waals surface area (Å²) < 4.78 is 5.14. The van der Waals surface area contributed by atoms with Gasteiger partial charge in [-0.25, -0.2) is 0 Å². The topological polar surface area (TPSA) is 88.2 Å². The van der Waals surface area contributed by atoms with Crippen LogP contribution in [0.1, 0.15) is 56.0 Å². The zero-order valence-corrected chi connectivity index (χ0v) is 13.5. The Bertz CT molecular complexity index is 611. The first-order valence-corrected chi connectivity index (χ1v) is 7.88. The van der Waals surface area contributed by atoms with E-state index in [1.165, 1.54) is 0 Å². The van der Waals surface area contributed by atoms with Gasteiger partial charge in [0.15, 0.2) is 5.82 Å². The SMILES string of the molecule is CC(C)c1noc(CCCNC(=O)CC(O)c2ccccc2)n1. The summed E-state index contributed by atoms with van der Waals surface area (Å²) in [7, 11) is 0. The average molecular weight is 317 g/mol. The zero-order chi connectivity index (χ0) is 16.7. The summed E-state index contributed by atoms with van der Waals surface area (Å²) in [5.74, 6) is 1.36. The predicted molar refractivity (Wildman–Crippen MR) is 85.7 cm³/mol. The Morgan fingerprint density at radius 2 is 2.04 bits per heavy atom. The van der Waals surface area contributed by atoms with E-state index in [4.69, 9.17) is 4.52 Å². The van der Waals surface area contributed by atoms with Gasteiger partial charge < -0.3 is 14.9 Å². The molecule has 2 aromatic rings. The van der Waals surface area contributed by atoms with Gasteiger partial charge in [-0.05, 0) is 12.0 Å². The Labute approximate surface area is 135 Å². The van der Waals surface area contributed by atoms with E-state index in [0.717, 1.165) is 5.56 Å². The van der Waals surface area contributed by atoms with Crippen molar-refractivity contribution in [3.8, 4) is 0 Å². The third-order valence-electron chi connectivity index (χ3n) is 3.45. The molecule has 124 valence electrons. The molecule has 0 radical (unpaired) electrons. The summed E-state index contributed by atoms with van der Waals surface area (Å²) in [5, 5.41) is 16.7. The monoisotopic (exact) mass is 317 g/mol. The van der Waals surface area contributed by atoms with Crippen molar-refractivity contribution in [1.29, 1.82) is 0 Å². The fourth-order valence-corrected chi connectivity index (χ4v) is 2.11. The quantitative estimate of drug-likeness (QED) is 0.730. The van der Waals surface area contributed by atoms with E-state index in [1.807, 2.05) is 32.0 Å². The number of amides is 1. The van der Waals surface area contributed by atoms with Crippen LogP contribution in [-0.4, -0.2) is 27.7 Å². The van der Waals surface area contributed by atoms with Gasteiger partial charge in [0.25, 0.3) is 0 Å². The highest BCUT2D eigenvalue weighted by Crippen LogP contribution is 2.15. The van der Waals surface area contributed by atoms with Crippen molar-refractivity contribution < 1.29 is 14.4 Å². The molecular formula is C17H23N3O3. The van der Waals surface area contributed by atoms with Crippen LogP contribution in [0.25, 0.3) is 0 Å². The van der Waals surface area contributed by atoms with Crippen LogP contribution in [0.3, 0.4) is 0 Å². The summed E-state index contributed by atoms with van der Waals surface area (Å²) in [4.78, 5) is 16.1. The van der Waals surface area contributed by atoms with Crippen molar-refractivity contribution in [3.05, 3.63) is 47.6 Å². The number of aryl methyl sites for hydroxylation is 1. The summed E-state index contributed by atoms with van der Waals surface area (Å²) in [5.41, 5.74) is 0.745. The molecule has 2 rings (SSSR count). The molecule has 23 heavy (non-hydrogen) atoms. The number of carbonyl (C=O) groups excluding carboxylic acids is 1. The lowest BCUT2D eigenvalue weighted by Gasteiger charge is -2.10. The molecule has 0 spiro atoms. The van der Waals surface area contributed by atoms with Gasteiger partial charge in [0.05, 0.1) is 12.5 Å². The first kappa shape index (κ1) is 17.1.